The maximum atomic E-state index is 13.7. The van der Waals surface area contributed by atoms with Crippen LogP contribution in [0, 0.1) is 70.8 Å². The third-order valence-electron chi connectivity index (χ3n) is 20.5. The molecule has 4 saturated heterocycles. The van der Waals surface area contributed by atoms with Crippen molar-refractivity contribution in [3.05, 3.63) is 92.8 Å². The van der Waals surface area contributed by atoms with E-state index in [0.717, 1.165) is 41.9 Å². The number of methoxy groups -OCH3 is 8. The molecule has 120 heavy (non-hydrogen) atoms. The van der Waals surface area contributed by atoms with Gasteiger partial charge in [-0.2, -0.15) is 0 Å². The second-order valence-electron chi connectivity index (χ2n) is 28.3. The Balaban J connectivity index is 0.000000281. The highest BCUT2D eigenvalue weighted by Gasteiger charge is 2.47. The molecule has 8 aliphatic heterocycles. The minimum Gasteiger partial charge on any atom is -0.493 e. The highest BCUT2D eigenvalue weighted by atomic mass is 16.6. The van der Waals surface area contributed by atoms with Gasteiger partial charge >= 0.3 is 23.9 Å². The second kappa shape index (κ2) is 43.9. The topological polar surface area (TPSA) is 296 Å². The molecule has 672 valence electrons. The third kappa shape index (κ3) is 23.8. The van der Waals surface area contributed by atoms with Crippen LogP contribution in [0.2, 0.25) is 0 Å². The fourth-order valence-corrected chi connectivity index (χ4v) is 14.9. The number of nitrogens with zero attached hydrogens (tertiary/aromatic N) is 4. The normalized spacial score (nSPS) is 41.7. The number of hydrogen-bond donors (Lipinski definition) is 4. The lowest BCUT2D eigenvalue weighted by Crippen LogP contribution is -2.51. The van der Waals surface area contributed by atoms with E-state index < -0.39 is 394 Å². The molecule has 0 aliphatic carbocycles. The molecule has 8 heterocycles. The van der Waals surface area contributed by atoms with Gasteiger partial charge in [0.2, 0.25) is 0 Å². The second-order valence-corrected chi connectivity index (χ2v) is 28.3. The van der Waals surface area contributed by atoms with E-state index in [0.29, 0.717) is 5.56 Å². The molecule has 4 aromatic carbocycles. The molecule has 20 atom stereocenters. The zero-order valence-electron chi connectivity index (χ0n) is 142. The molecule has 24 nitrogen and oxygen atoms in total. The smallest absolute Gasteiger partial charge is 0.323 e. The molecule has 8 N–H and O–H groups in total. The average Bonchev–Trinajstić information content (AvgIpc) is 0.702. The molecule has 12 rings (SSSR count). The van der Waals surface area contributed by atoms with E-state index in [-0.39, 0.29) is 132 Å². The van der Waals surface area contributed by atoms with Crippen LogP contribution >= 0.6 is 0 Å². The van der Waals surface area contributed by atoms with Crippen LogP contribution in [-0.4, -0.2) is 201 Å². The molecule has 4 fully saturated rings. The summed E-state index contributed by atoms with van der Waals surface area (Å²) in [5.74, 6) is -47.5. The predicted octanol–water partition coefficient (Wildman–Crippen LogP) is 14.3. The Morgan fingerprint density at radius 2 is 0.633 bits per heavy atom. The first kappa shape index (κ1) is 37.2. The fourth-order valence-electron chi connectivity index (χ4n) is 14.9. The summed E-state index contributed by atoms with van der Waals surface area (Å²) in [5.41, 5.74) is 23.2. The largest absolute Gasteiger partial charge is 0.493 e. The van der Waals surface area contributed by atoms with E-state index in [2.05, 4.69) is 0 Å². The van der Waals surface area contributed by atoms with Gasteiger partial charge in [0, 0.05) is 197 Å². The van der Waals surface area contributed by atoms with Crippen molar-refractivity contribution < 1.29 is 177 Å². The number of hydrogen-bond acceptors (Lipinski definition) is 24. The average molecular weight is 1750 g/mol. The Morgan fingerprint density at radius 3 is 0.925 bits per heavy atom. The molecule has 0 amide bonds. The molecular weight excluding hydrogens is 1520 g/mol. The third-order valence-corrected chi connectivity index (χ3v) is 20.5. The van der Waals surface area contributed by atoms with Crippen molar-refractivity contribution >= 4 is 23.9 Å². The SMILES string of the molecule is [2H]c1c2c(c([2H])c(OC)c1OC([2H])([2H])[2H])C1CC([2H])(OC(=O)[C@@]([2H])(N)C([2H])(C([2H])([2H])[2H])C([2H])([2H])[2H])C(C([2H])([2H])C([2H])(C)C([2H])([2H])[2H])CN1CC2.[2H]c1c2c(c([2H])c(OC)c1OC([2H])([2H])[2H])C1CC([2H])(OC(=O)[C@@]([2H])(N)C([2H])(C([2H])([2H])[2H])C([2H])([2H])[2H])C(C([2H])([2H])C([2H])(C)C([2H])([2H])[2H])CN1CC2.[2H]c1c2c(c([2H])c(OC)c1OC)C1([2H])CC(OC(=O)[C@@]([2H])(N)C([2H])(C([2H])([2H])[2H])C([2H])([2H])[2H])C(C([2H])([2H])C([2H])(C)C([2H])([2H])[2H])CN1CC2.[2H]c1c2c(c([2H])c(OC)c1OC)C1CC([2H])(OC(=O)[C@@]([2H])(N)C([2H])(C([2H])([2H])[2H])C([2H])([2H])[2H])C(C([2H])([2H])C([2H])(C)C([2H])([2H])[2H])CN1CC2. The molecular formula is C96H152N8O16. The Kier molecular flexibility index (Phi) is 13.6. The van der Waals surface area contributed by atoms with Crippen LogP contribution in [-0.2, 0) is 63.8 Å². The van der Waals surface area contributed by atoms with E-state index in [4.69, 9.17) is 176 Å². The van der Waals surface area contributed by atoms with Crippen LogP contribution in [0.1, 0.15) is 331 Å². The Morgan fingerprint density at radius 1 is 0.375 bits per heavy atom. The van der Waals surface area contributed by atoms with Crippen molar-refractivity contribution in [2.75, 3.05) is 109 Å². The van der Waals surface area contributed by atoms with Crippen LogP contribution in [0.25, 0.3) is 0 Å². The zero-order chi connectivity index (χ0) is 152. The lowest BCUT2D eigenvalue weighted by molar-refractivity contribution is -0.161. The molecule has 8 aliphatic rings. The number of piperidine rings is 4. The van der Waals surface area contributed by atoms with Gasteiger partial charge < -0.3 is 79.8 Å². The Labute approximate surface area is 822 Å². The molecule has 24 heteroatoms. The molecule has 16 unspecified atom stereocenters. The molecule has 0 bridgehead atoms. The summed E-state index contributed by atoms with van der Waals surface area (Å²) in [7, 11) is 0.961. The lowest BCUT2D eigenvalue weighted by Gasteiger charge is -2.47. The quantitative estimate of drug-likeness (QED) is 0.0303. The summed E-state index contributed by atoms with van der Waals surface area (Å²) in [6.45, 7) is -44.1. The first-order chi connectivity index (χ1) is 85.9. The van der Waals surface area contributed by atoms with Crippen LogP contribution in [0.4, 0.5) is 0 Å². The number of rotatable bonds is 28. The van der Waals surface area contributed by atoms with Crippen molar-refractivity contribution in [1.29, 1.82) is 0 Å². The molecule has 0 saturated carbocycles. The van der Waals surface area contributed by atoms with Gasteiger partial charge in [0.05, 0.1) is 86.9 Å². The summed E-state index contributed by atoms with van der Waals surface area (Å²) in [4.78, 5) is 60.4. The highest BCUT2D eigenvalue weighted by Crippen LogP contribution is 2.50. The number of carbonyl (C=O) groups is 4. The van der Waals surface area contributed by atoms with Gasteiger partial charge in [-0.3, -0.25) is 38.8 Å². The Hall–Kier alpha value is -7.16. The maximum absolute atomic E-state index is 13.7. The maximum Gasteiger partial charge on any atom is 0.323 e. The number of fused-ring (bicyclic) bond motifs is 12. The lowest BCUT2D eigenvalue weighted by atomic mass is 9.79. The van der Waals surface area contributed by atoms with E-state index in [1.807, 2.05) is 0 Å². The minimum absolute atomic E-state index is 0.0414. The molecule has 0 spiro atoms. The van der Waals surface area contributed by atoms with Gasteiger partial charge in [0.15, 0.2) is 46.0 Å². The zero-order valence-corrected chi connectivity index (χ0v) is 67.6. The van der Waals surface area contributed by atoms with Crippen molar-refractivity contribution in [2.24, 2.45) is 93.8 Å². The van der Waals surface area contributed by atoms with Crippen molar-refractivity contribution in [3.63, 3.8) is 0 Å². The molecule has 0 aromatic heterocycles. The van der Waals surface area contributed by atoms with Crippen LogP contribution in [0.5, 0.6) is 46.0 Å². The first-order valence-corrected chi connectivity index (χ1v) is 37.2. The van der Waals surface area contributed by atoms with Gasteiger partial charge in [-0.1, -0.05) is 110 Å². The summed E-state index contributed by atoms with van der Waals surface area (Å²) in [6, 6.07) is -24.6. The van der Waals surface area contributed by atoms with E-state index in [1.165, 1.54) is 43.1 Å². The van der Waals surface area contributed by atoms with E-state index >= 15 is 0 Å². The number of benzene rings is 4. The van der Waals surface area contributed by atoms with Crippen molar-refractivity contribution in [1.82, 2.24) is 19.6 Å². The summed E-state index contributed by atoms with van der Waals surface area (Å²) < 4.78 is 667. The van der Waals surface area contributed by atoms with Gasteiger partial charge in [0.1, 0.15) is 48.4 Å². The standard InChI is InChI=1S/4C24H38N2O4/c4*1-14(2)9-17-13-26-8-7-16-10-21(28-5)22(29-6)11-18(16)19(26)12-20(17)30-24(27)23(25)15(3)4/h4*10-11,14-15,17,19-20,23H,7-9,12-13,25H2,1-6H3/t4*17?,19?,20?,23-/m0000/s1/i2*1D3,3D3,4D3,5D3,9D2,10D,11D,14D,15D,20D,23D;1D3,3D3,4D3,9D2,10D,11D,14D,15D,20D,23D;1D3,3D3,4D3,9D2,10D,11D,14D,15D,19D,23D/t4*14?,17?,19?,20?,23-. The monoisotopic (exact) mass is 1750 g/mol. The van der Waals surface area contributed by atoms with Gasteiger partial charge in [-0.15, -0.1) is 0 Å². The van der Waals surface area contributed by atoms with E-state index in [1.54, 1.807) is 4.90 Å². The number of ether oxygens (including phenoxy) is 12. The fraction of sp³-hybridized carbons (Fsp3) is 0.708. The van der Waals surface area contributed by atoms with Gasteiger partial charge in [-0.05, 0) is 191 Å². The van der Waals surface area contributed by atoms with Crippen LogP contribution in [0.3, 0.4) is 0 Å². The number of esters is 4. The summed E-state index contributed by atoms with van der Waals surface area (Å²) in [5, 5.41) is 0. The molecule has 0 radical (unpaired) electrons. The Bertz CT molecular complexity index is 7180. The van der Waals surface area contributed by atoms with Crippen molar-refractivity contribution in [2.45, 2.75) is 259 Å². The predicted molar refractivity (Wildman–Crippen MR) is 471 cm³/mol. The summed E-state index contributed by atoms with van der Waals surface area (Å²) in [6.07, 6.45) is -27.4. The highest BCUT2D eigenvalue weighted by molar-refractivity contribution is 5.77. The molecule has 4 aromatic rings. The minimum atomic E-state index is -4.07. The van der Waals surface area contributed by atoms with Gasteiger partial charge in [0.25, 0.3) is 0 Å². The number of nitrogens with two attached hydrogens (primary N) is 4. The number of carbonyl (C=O) groups excluding carboxylic acids is 4. The van der Waals surface area contributed by atoms with Gasteiger partial charge in [-0.25, -0.2) is 0 Å². The van der Waals surface area contributed by atoms with E-state index in [9.17, 15) is 24.7 Å². The first-order valence-electron chi connectivity index (χ1n) is 74.2. The van der Waals surface area contributed by atoms with Crippen LogP contribution in [0.15, 0.2) is 48.3 Å². The van der Waals surface area contributed by atoms with Crippen LogP contribution < -0.4 is 60.8 Å². The summed E-state index contributed by atoms with van der Waals surface area (Å²) >= 11 is 0. The van der Waals surface area contributed by atoms with Crippen molar-refractivity contribution in [3.8, 4) is 46.0 Å².